The van der Waals surface area contributed by atoms with Gasteiger partial charge in [0.15, 0.2) is 0 Å². The number of alkyl halides is 2. The number of rotatable bonds is 7. The maximum Gasteiger partial charge on any atom is 0.255 e. The minimum absolute atomic E-state index is 0.0160. The third kappa shape index (κ3) is 5.50. The van der Waals surface area contributed by atoms with E-state index in [-0.39, 0.29) is 30.9 Å². The molecule has 3 aliphatic heterocycles. The number of nitrogens with zero attached hydrogens (tertiary/aromatic N) is 2. The molecule has 0 unspecified atom stereocenters. The molecule has 200 valence electrons. The zero-order valence-corrected chi connectivity index (χ0v) is 20.3. The number of halogens is 4. The number of amides is 3. The Morgan fingerprint density at radius 2 is 2.03 bits per heavy atom. The summed E-state index contributed by atoms with van der Waals surface area (Å²) in [7, 11) is 0. The number of hydrogen-bond acceptors (Lipinski definition) is 5. The molecule has 3 saturated heterocycles. The largest absolute Gasteiger partial charge is 0.371 e. The molecular weight excluding hydrogens is 494 g/mol. The Hall–Kier alpha value is -3.36. The molecule has 0 spiro atoms. The lowest BCUT2D eigenvalue weighted by Crippen LogP contribution is -2.70. The molecule has 5 rings (SSSR count). The number of fused-ring (bicyclic) bond motifs is 3. The second kappa shape index (κ2) is 10.6. The van der Waals surface area contributed by atoms with Crippen LogP contribution in [0.5, 0.6) is 0 Å². The van der Waals surface area contributed by atoms with Crippen LogP contribution in [0.4, 0.5) is 23.2 Å². The molecule has 1 saturated carbocycles. The van der Waals surface area contributed by atoms with E-state index in [1.807, 2.05) is 6.07 Å². The van der Waals surface area contributed by atoms with E-state index in [0.29, 0.717) is 13.0 Å². The molecule has 8 nitrogen and oxygen atoms in total. The Kier molecular flexibility index (Phi) is 7.62. The molecule has 0 aromatic heterocycles. The molecule has 1 aromatic rings. The van der Waals surface area contributed by atoms with E-state index in [1.54, 1.807) is 0 Å². The molecule has 4 aliphatic rings. The Morgan fingerprint density at radius 1 is 1.27 bits per heavy atom. The topological polar surface area (TPSA) is 114 Å². The quantitative estimate of drug-likeness (QED) is 0.476. The van der Waals surface area contributed by atoms with Crippen LogP contribution in [0.15, 0.2) is 18.2 Å². The maximum atomic E-state index is 14.9. The number of nitriles is 1. The van der Waals surface area contributed by atoms with Crippen LogP contribution in [0.3, 0.4) is 0 Å². The van der Waals surface area contributed by atoms with Crippen molar-refractivity contribution in [2.24, 2.45) is 11.8 Å². The van der Waals surface area contributed by atoms with Gasteiger partial charge in [0.2, 0.25) is 17.7 Å². The first-order valence-corrected chi connectivity index (χ1v) is 12.4. The van der Waals surface area contributed by atoms with Crippen molar-refractivity contribution in [3.63, 3.8) is 0 Å². The first-order valence-electron chi connectivity index (χ1n) is 12.4. The van der Waals surface area contributed by atoms with Crippen molar-refractivity contribution in [3.05, 3.63) is 29.8 Å². The second-order valence-electron chi connectivity index (χ2n) is 10.0. The number of hydrogen-bond donors (Lipinski definition) is 3. The van der Waals surface area contributed by atoms with E-state index in [1.165, 1.54) is 6.92 Å². The van der Waals surface area contributed by atoms with Gasteiger partial charge in [-0.1, -0.05) is 0 Å². The first-order chi connectivity index (χ1) is 17.5. The van der Waals surface area contributed by atoms with Crippen LogP contribution < -0.4 is 16.0 Å². The lowest BCUT2D eigenvalue weighted by Gasteiger charge is -2.54. The summed E-state index contributed by atoms with van der Waals surface area (Å²) in [5.41, 5.74) is -0.273. The molecule has 3 heterocycles. The monoisotopic (exact) mass is 523 g/mol. The van der Waals surface area contributed by atoms with Gasteiger partial charge in [-0.25, -0.2) is 17.6 Å². The number of carbonyl (C=O) groups excluding carboxylic acids is 3. The second-order valence-corrected chi connectivity index (χ2v) is 10.0. The van der Waals surface area contributed by atoms with Crippen molar-refractivity contribution in [3.8, 4) is 6.07 Å². The fraction of sp³-hybridized carbons (Fsp3) is 0.600. The molecule has 12 heteroatoms. The van der Waals surface area contributed by atoms with Gasteiger partial charge in [0.05, 0.1) is 17.7 Å². The highest BCUT2D eigenvalue weighted by molar-refractivity contribution is 5.92. The van der Waals surface area contributed by atoms with Crippen LogP contribution in [-0.4, -0.2) is 59.3 Å². The predicted octanol–water partition coefficient (Wildman–Crippen LogP) is 2.70. The summed E-state index contributed by atoms with van der Waals surface area (Å²) in [4.78, 5) is 40.0. The van der Waals surface area contributed by atoms with E-state index < -0.39 is 71.8 Å². The summed E-state index contributed by atoms with van der Waals surface area (Å²) >= 11 is 0. The Bertz CT molecular complexity index is 1110. The Balaban J connectivity index is 1.54. The molecule has 0 radical (unpaired) electrons. The van der Waals surface area contributed by atoms with Gasteiger partial charge in [-0.2, -0.15) is 5.26 Å². The standard InChI is InChI=1S/C25H29F4N5O3/c1-13(32-20-10-15(26)4-7-19(20)27)24(37)34-17-5-6-18(25(28,29)11-17)21(34)23(36)33-16(12-30)9-14-3-2-8-31-22(14)35/h4,7,10,13-14,16-18,21,32H,2-3,5-6,8-9,11H2,1H3,(H,31,35)(H,33,36)/t13-,14+,16-,17-,18-,21-/m1/s1. The molecule has 6 atom stereocenters. The number of benzene rings is 1. The fourth-order valence-electron chi connectivity index (χ4n) is 5.70. The minimum Gasteiger partial charge on any atom is -0.371 e. The number of carbonyl (C=O) groups is 3. The van der Waals surface area contributed by atoms with E-state index >= 15 is 0 Å². The average molecular weight is 524 g/mol. The summed E-state index contributed by atoms with van der Waals surface area (Å²) in [5, 5.41) is 17.4. The molecule has 2 bridgehead atoms. The smallest absolute Gasteiger partial charge is 0.255 e. The zero-order chi connectivity index (χ0) is 26.9. The zero-order valence-electron chi connectivity index (χ0n) is 20.3. The fourth-order valence-corrected chi connectivity index (χ4v) is 5.70. The Morgan fingerprint density at radius 3 is 2.70 bits per heavy atom. The number of anilines is 1. The predicted molar refractivity (Wildman–Crippen MR) is 124 cm³/mol. The summed E-state index contributed by atoms with van der Waals surface area (Å²) in [5.74, 6) is -8.52. The third-order valence-electron chi connectivity index (χ3n) is 7.52. The van der Waals surface area contributed by atoms with Crippen molar-refractivity contribution in [1.82, 2.24) is 15.5 Å². The molecule has 1 aromatic carbocycles. The van der Waals surface area contributed by atoms with Gasteiger partial charge in [-0.05, 0) is 57.2 Å². The van der Waals surface area contributed by atoms with E-state index in [9.17, 15) is 37.2 Å². The molecule has 4 fully saturated rings. The molecule has 1 aliphatic carbocycles. The molecule has 3 amide bonds. The highest BCUT2D eigenvalue weighted by Gasteiger charge is 2.60. The molecule has 37 heavy (non-hydrogen) atoms. The van der Waals surface area contributed by atoms with Crippen molar-refractivity contribution < 1.29 is 31.9 Å². The van der Waals surface area contributed by atoms with E-state index in [2.05, 4.69) is 16.0 Å². The van der Waals surface area contributed by atoms with Crippen molar-refractivity contribution >= 4 is 23.4 Å². The van der Waals surface area contributed by atoms with Crippen LogP contribution in [0.1, 0.15) is 45.4 Å². The van der Waals surface area contributed by atoms with Gasteiger partial charge >= 0.3 is 0 Å². The Labute approximate surface area is 211 Å². The summed E-state index contributed by atoms with van der Waals surface area (Å²) in [6.07, 6.45) is 0.952. The molecule has 3 N–H and O–H groups in total. The van der Waals surface area contributed by atoms with Crippen molar-refractivity contribution in [1.29, 1.82) is 5.26 Å². The lowest BCUT2D eigenvalue weighted by atomic mass is 9.71. The van der Waals surface area contributed by atoms with Gasteiger partial charge in [-0.15, -0.1) is 0 Å². The average Bonchev–Trinajstić information content (AvgIpc) is 2.85. The van der Waals surface area contributed by atoms with Gasteiger partial charge in [0, 0.05) is 24.9 Å². The number of piperidine rings is 3. The SMILES string of the molecule is C[C@@H](Nc1cc(F)ccc1F)C(=O)N1[C@@H]2CC[C@H]([C@@H]1C(=O)N[C@@H](C#N)C[C@@H]1CCCNC1=O)C(F)(F)C2. The number of nitrogens with one attached hydrogen (secondary N) is 3. The molecular formula is C25H29F4N5O3. The van der Waals surface area contributed by atoms with Crippen LogP contribution in [-0.2, 0) is 14.4 Å². The first kappa shape index (κ1) is 26.7. The van der Waals surface area contributed by atoms with Gasteiger partial charge < -0.3 is 20.9 Å². The normalized spacial score (nSPS) is 28.0. The van der Waals surface area contributed by atoms with Crippen LogP contribution in [0.25, 0.3) is 0 Å². The van der Waals surface area contributed by atoms with Crippen molar-refractivity contribution in [2.45, 2.75) is 75.5 Å². The minimum atomic E-state index is -3.20. The highest BCUT2D eigenvalue weighted by atomic mass is 19.3. The summed E-state index contributed by atoms with van der Waals surface area (Å²) < 4.78 is 57.5. The third-order valence-corrected chi connectivity index (χ3v) is 7.52. The maximum absolute atomic E-state index is 14.9. The lowest BCUT2D eigenvalue weighted by molar-refractivity contribution is -0.194. The highest BCUT2D eigenvalue weighted by Crippen LogP contribution is 2.49. The van der Waals surface area contributed by atoms with Crippen LogP contribution >= 0.6 is 0 Å². The van der Waals surface area contributed by atoms with Gasteiger partial charge in [-0.3, -0.25) is 14.4 Å². The summed E-state index contributed by atoms with van der Waals surface area (Å²) in [6.45, 7) is 1.91. The van der Waals surface area contributed by atoms with Gasteiger partial charge in [0.25, 0.3) is 5.92 Å². The van der Waals surface area contributed by atoms with E-state index in [0.717, 1.165) is 29.5 Å². The van der Waals surface area contributed by atoms with Crippen molar-refractivity contribution in [2.75, 3.05) is 11.9 Å². The summed E-state index contributed by atoms with van der Waals surface area (Å²) in [6, 6.07) is -0.139. The van der Waals surface area contributed by atoms with Gasteiger partial charge in [0.1, 0.15) is 29.8 Å². The van der Waals surface area contributed by atoms with E-state index in [4.69, 9.17) is 0 Å². The van der Waals surface area contributed by atoms with Crippen LogP contribution in [0, 0.1) is 34.8 Å². The van der Waals surface area contributed by atoms with Crippen LogP contribution in [0.2, 0.25) is 0 Å².